The molecule has 88 valence electrons. The Kier molecular flexibility index (Phi) is 3.95. The van der Waals surface area contributed by atoms with Gasteiger partial charge in [0.25, 0.3) is 0 Å². The van der Waals surface area contributed by atoms with Gasteiger partial charge in [0.2, 0.25) is 0 Å². The Morgan fingerprint density at radius 2 is 1.53 bits per heavy atom. The first-order valence-electron chi connectivity index (χ1n) is 4.96. The Morgan fingerprint density at radius 3 is 2.18 bits per heavy atom. The van der Waals surface area contributed by atoms with E-state index >= 15 is 0 Å². The molecule has 0 bridgehead atoms. The quantitative estimate of drug-likeness (QED) is 0.846. The van der Waals surface area contributed by atoms with Crippen LogP contribution in [0.2, 0.25) is 15.1 Å². The summed E-state index contributed by atoms with van der Waals surface area (Å²) in [7, 11) is 0. The molecule has 2 rings (SSSR count). The summed E-state index contributed by atoms with van der Waals surface area (Å²) in [6.07, 6.45) is -0.761. The highest BCUT2D eigenvalue weighted by atomic mass is 35.5. The van der Waals surface area contributed by atoms with Gasteiger partial charge in [0.05, 0.1) is 10.0 Å². The molecular weight excluding hydrogens is 279 g/mol. The molecule has 0 amide bonds. The molecule has 0 unspecified atom stereocenters. The van der Waals surface area contributed by atoms with Gasteiger partial charge in [-0.05, 0) is 35.4 Å². The summed E-state index contributed by atoms with van der Waals surface area (Å²) in [6.45, 7) is 0. The molecule has 0 aromatic heterocycles. The summed E-state index contributed by atoms with van der Waals surface area (Å²) in [5.41, 5.74) is 1.40. The Labute approximate surface area is 115 Å². The van der Waals surface area contributed by atoms with E-state index in [-0.39, 0.29) is 0 Å². The smallest absolute Gasteiger partial charge is 0.104 e. The van der Waals surface area contributed by atoms with Gasteiger partial charge in [0.15, 0.2) is 0 Å². The normalized spacial score (nSPS) is 12.5. The van der Waals surface area contributed by atoms with Crippen LogP contribution in [0, 0.1) is 0 Å². The van der Waals surface area contributed by atoms with Crippen LogP contribution in [0.5, 0.6) is 0 Å². The van der Waals surface area contributed by atoms with Gasteiger partial charge in [-0.2, -0.15) is 0 Å². The van der Waals surface area contributed by atoms with Crippen molar-refractivity contribution in [2.45, 2.75) is 6.10 Å². The van der Waals surface area contributed by atoms with Gasteiger partial charge in [0, 0.05) is 5.02 Å². The Bertz CT molecular complexity index is 540. The first-order valence-corrected chi connectivity index (χ1v) is 6.10. The molecule has 17 heavy (non-hydrogen) atoms. The number of benzene rings is 2. The Morgan fingerprint density at radius 1 is 0.824 bits per heavy atom. The van der Waals surface area contributed by atoms with Crippen molar-refractivity contribution in [3.05, 3.63) is 68.7 Å². The molecule has 0 aliphatic heterocycles. The molecule has 0 fully saturated rings. The van der Waals surface area contributed by atoms with E-state index in [2.05, 4.69) is 0 Å². The SMILES string of the molecule is O[C@H](c1cccc(Cl)c1)c1ccc(Cl)c(Cl)c1. The van der Waals surface area contributed by atoms with Gasteiger partial charge < -0.3 is 5.11 Å². The maximum atomic E-state index is 10.2. The lowest BCUT2D eigenvalue weighted by Gasteiger charge is -2.12. The number of aliphatic hydroxyl groups excluding tert-OH is 1. The second-order valence-electron chi connectivity index (χ2n) is 3.63. The van der Waals surface area contributed by atoms with E-state index < -0.39 is 6.10 Å². The molecule has 0 aliphatic rings. The molecule has 0 aliphatic carbocycles. The third-order valence-electron chi connectivity index (χ3n) is 2.42. The first-order chi connectivity index (χ1) is 8.08. The van der Waals surface area contributed by atoms with Crippen LogP contribution in [0.1, 0.15) is 17.2 Å². The van der Waals surface area contributed by atoms with Crippen molar-refractivity contribution in [3.8, 4) is 0 Å². The van der Waals surface area contributed by atoms with E-state index in [1.165, 1.54) is 0 Å². The van der Waals surface area contributed by atoms with Gasteiger partial charge in [-0.1, -0.05) is 53.0 Å². The van der Waals surface area contributed by atoms with Crippen LogP contribution in [-0.2, 0) is 0 Å². The third kappa shape index (κ3) is 2.93. The molecule has 0 saturated carbocycles. The van der Waals surface area contributed by atoms with Gasteiger partial charge in [-0.3, -0.25) is 0 Å². The fourth-order valence-corrected chi connectivity index (χ4v) is 2.06. The molecule has 1 nitrogen and oxygen atoms in total. The molecule has 2 aromatic rings. The zero-order chi connectivity index (χ0) is 12.4. The van der Waals surface area contributed by atoms with Crippen LogP contribution in [-0.4, -0.2) is 5.11 Å². The lowest BCUT2D eigenvalue weighted by Crippen LogP contribution is -1.99. The van der Waals surface area contributed by atoms with E-state index in [0.29, 0.717) is 20.6 Å². The third-order valence-corrected chi connectivity index (χ3v) is 3.40. The second kappa shape index (κ2) is 5.28. The molecule has 1 atom stereocenters. The van der Waals surface area contributed by atoms with E-state index in [9.17, 15) is 5.11 Å². The minimum Gasteiger partial charge on any atom is -0.384 e. The zero-order valence-electron chi connectivity index (χ0n) is 8.70. The molecule has 0 radical (unpaired) electrons. The lowest BCUT2D eigenvalue weighted by molar-refractivity contribution is 0.220. The maximum Gasteiger partial charge on any atom is 0.104 e. The predicted octanol–water partition coefficient (Wildman–Crippen LogP) is 4.73. The second-order valence-corrected chi connectivity index (χ2v) is 4.88. The molecule has 1 N–H and O–H groups in total. The standard InChI is InChI=1S/C13H9Cl3O/c14-10-3-1-2-8(6-10)13(17)9-4-5-11(15)12(16)7-9/h1-7,13,17H/t13-/m1/s1. The highest BCUT2D eigenvalue weighted by Crippen LogP contribution is 2.29. The van der Waals surface area contributed by atoms with E-state index in [1.807, 2.05) is 0 Å². The van der Waals surface area contributed by atoms with Crippen LogP contribution in [0.15, 0.2) is 42.5 Å². The molecule has 2 aromatic carbocycles. The van der Waals surface area contributed by atoms with Crippen molar-refractivity contribution in [3.63, 3.8) is 0 Å². The van der Waals surface area contributed by atoms with E-state index in [4.69, 9.17) is 34.8 Å². The molecule has 0 saturated heterocycles. The van der Waals surface area contributed by atoms with Gasteiger partial charge >= 0.3 is 0 Å². The van der Waals surface area contributed by atoms with Crippen molar-refractivity contribution >= 4 is 34.8 Å². The highest BCUT2D eigenvalue weighted by Gasteiger charge is 2.12. The minimum atomic E-state index is -0.761. The minimum absolute atomic E-state index is 0.422. The summed E-state index contributed by atoms with van der Waals surface area (Å²) in [6, 6.07) is 12.1. The molecule has 0 spiro atoms. The van der Waals surface area contributed by atoms with Crippen LogP contribution in [0.4, 0.5) is 0 Å². The summed E-state index contributed by atoms with van der Waals surface area (Å²) in [5, 5.41) is 11.6. The van der Waals surface area contributed by atoms with Gasteiger partial charge in [-0.25, -0.2) is 0 Å². The van der Waals surface area contributed by atoms with Crippen molar-refractivity contribution in [1.82, 2.24) is 0 Å². The average molecular weight is 288 g/mol. The number of aliphatic hydroxyl groups is 1. The Balaban J connectivity index is 2.36. The fraction of sp³-hybridized carbons (Fsp3) is 0.0769. The van der Waals surface area contributed by atoms with E-state index in [1.54, 1.807) is 42.5 Å². The van der Waals surface area contributed by atoms with Crippen LogP contribution in [0.25, 0.3) is 0 Å². The largest absolute Gasteiger partial charge is 0.384 e. The average Bonchev–Trinajstić information content (AvgIpc) is 2.32. The van der Waals surface area contributed by atoms with Crippen molar-refractivity contribution < 1.29 is 5.11 Å². The molecular formula is C13H9Cl3O. The molecule has 0 heterocycles. The number of halogens is 3. The van der Waals surface area contributed by atoms with Crippen molar-refractivity contribution in [2.24, 2.45) is 0 Å². The summed E-state index contributed by atoms with van der Waals surface area (Å²) < 4.78 is 0. The molecule has 4 heteroatoms. The van der Waals surface area contributed by atoms with Gasteiger partial charge in [-0.15, -0.1) is 0 Å². The van der Waals surface area contributed by atoms with Crippen molar-refractivity contribution in [1.29, 1.82) is 0 Å². The Hall–Kier alpha value is -0.730. The van der Waals surface area contributed by atoms with Crippen LogP contribution >= 0.6 is 34.8 Å². The fourth-order valence-electron chi connectivity index (χ4n) is 1.55. The van der Waals surface area contributed by atoms with Crippen molar-refractivity contribution in [2.75, 3.05) is 0 Å². The maximum absolute atomic E-state index is 10.2. The van der Waals surface area contributed by atoms with Gasteiger partial charge in [0.1, 0.15) is 6.10 Å². The monoisotopic (exact) mass is 286 g/mol. The van der Waals surface area contributed by atoms with Crippen LogP contribution in [0.3, 0.4) is 0 Å². The summed E-state index contributed by atoms with van der Waals surface area (Å²) >= 11 is 17.6. The zero-order valence-corrected chi connectivity index (χ0v) is 11.0. The topological polar surface area (TPSA) is 20.2 Å². The summed E-state index contributed by atoms with van der Waals surface area (Å²) in [5.74, 6) is 0. The first kappa shape index (κ1) is 12.7. The summed E-state index contributed by atoms with van der Waals surface area (Å²) in [4.78, 5) is 0. The number of hydrogen-bond donors (Lipinski definition) is 1. The number of rotatable bonds is 2. The van der Waals surface area contributed by atoms with E-state index in [0.717, 1.165) is 5.56 Å². The number of hydrogen-bond acceptors (Lipinski definition) is 1. The predicted molar refractivity (Wildman–Crippen MR) is 72.0 cm³/mol. The lowest BCUT2D eigenvalue weighted by atomic mass is 10.0. The van der Waals surface area contributed by atoms with Crippen LogP contribution < -0.4 is 0 Å². The highest BCUT2D eigenvalue weighted by molar-refractivity contribution is 6.42.